The molecule has 0 aromatic heterocycles. The van der Waals surface area contributed by atoms with Crippen LogP contribution >= 0.6 is 24.0 Å². The first-order valence-corrected chi connectivity index (χ1v) is 10.6. The van der Waals surface area contributed by atoms with Gasteiger partial charge in [-0.3, -0.25) is 0 Å². The molecule has 27 heavy (non-hydrogen) atoms. The zero-order chi connectivity index (χ0) is 19.4. The number of hydrogen-bond acceptors (Lipinski definition) is 4. The maximum absolute atomic E-state index is 13.2. The second kappa shape index (κ2) is 13.9. The highest BCUT2D eigenvalue weighted by atomic mass is 127. The van der Waals surface area contributed by atoms with E-state index in [9.17, 15) is 12.8 Å². The van der Waals surface area contributed by atoms with Gasteiger partial charge in [-0.05, 0) is 31.9 Å². The molecule has 1 unspecified atom stereocenters. The normalized spacial score (nSPS) is 12.8. The number of benzene rings is 1. The van der Waals surface area contributed by atoms with E-state index in [0.717, 1.165) is 12.7 Å². The van der Waals surface area contributed by atoms with Gasteiger partial charge in [-0.25, -0.2) is 22.5 Å². The topological polar surface area (TPSA) is 91.8 Å². The summed E-state index contributed by atoms with van der Waals surface area (Å²) < 4.78 is 43.5. The monoisotopic (exact) mass is 516 g/mol. The van der Waals surface area contributed by atoms with Crippen LogP contribution in [0.15, 0.2) is 29.3 Å². The standard InChI is InChI=1S/C17H29FN4O3S.HI/c1-4-15(25-16-9-6-8-14(18)12-16)13-21-17(19-5-2)20-10-7-11-22-26(3,23)24;/h6,8-9,12,15,22H,4-5,7,10-11,13H2,1-3H3,(H2,19,20,21);1H. The molecule has 3 N–H and O–H groups in total. The average molecular weight is 516 g/mol. The summed E-state index contributed by atoms with van der Waals surface area (Å²) in [5.74, 6) is 0.781. The summed E-state index contributed by atoms with van der Waals surface area (Å²) in [6, 6.07) is 6.05. The predicted octanol–water partition coefficient (Wildman–Crippen LogP) is 2.10. The third-order valence-electron chi connectivity index (χ3n) is 3.36. The van der Waals surface area contributed by atoms with Crippen LogP contribution in [0.25, 0.3) is 0 Å². The van der Waals surface area contributed by atoms with Gasteiger partial charge in [0.25, 0.3) is 0 Å². The molecule has 1 rings (SSSR count). The van der Waals surface area contributed by atoms with E-state index in [1.165, 1.54) is 12.1 Å². The van der Waals surface area contributed by atoms with Gasteiger partial charge in [0.2, 0.25) is 10.0 Å². The molecule has 156 valence electrons. The minimum atomic E-state index is -3.16. The maximum Gasteiger partial charge on any atom is 0.208 e. The van der Waals surface area contributed by atoms with Crippen LogP contribution in [0.3, 0.4) is 0 Å². The number of guanidine groups is 1. The molecular weight excluding hydrogens is 486 g/mol. The van der Waals surface area contributed by atoms with E-state index < -0.39 is 10.0 Å². The van der Waals surface area contributed by atoms with Gasteiger partial charge in [0, 0.05) is 25.7 Å². The van der Waals surface area contributed by atoms with Crippen LogP contribution in [0.5, 0.6) is 5.75 Å². The molecule has 0 aliphatic rings. The molecule has 1 aromatic carbocycles. The molecule has 0 saturated carbocycles. The highest BCUT2D eigenvalue weighted by Gasteiger charge is 2.09. The third-order valence-corrected chi connectivity index (χ3v) is 4.09. The number of sulfonamides is 1. The minimum Gasteiger partial charge on any atom is -0.488 e. The Balaban J connectivity index is 0.00000676. The molecule has 0 amide bonds. The Morgan fingerprint density at radius 2 is 2.00 bits per heavy atom. The maximum atomic E-state index is 13.2. The van der Waals surface area contributed by atoms with E-state index in [2.05, 4.69) is 20.3 Å². The number of nitrogens with one attached hydrogen (secondary N) is 3. The smallest absolute Gasteiger partial charge is 0.208 e. The number of aliphatic imine (C=N–C) groups is 1. The Morgan fingerprint density at radius 3 is 2.59 bits per heavy atom. The van der Waals surface area contributed by atoms with Crippen molar-refractivity contribution < 1.29 is 17.5 Å². The van der Waals surface area contributed by atoms with Crippen LogP contribution in [-0.4, -0.2) is 52.9 Å². The second-order valence-electron chi connectivity index (χ2n) is 5.77. The fourth-order valence-corrected chi connectivity index (χ4v) is 2.59. The molecule has 1 aromatic rings. The first kappa shape index (κ1) is 25.9. The van der Waals surface area contributed by atoms with E-state index in [0.29, 0.717) is 44.3 Å². The summed E-state index contributed by atoms with van der Waals surface area (Å²) >= 11 is 0. The van der Waals surface area contributed by atoms with Gasteiger partial charge in [0.05, 0.1) is 12.8 Å². The highest BCUT2D eigenvalue weighted by molar-refractivity contribution is 14.0. The van der Waals surface area contributed by atoms with Crippen molar-refractivity contribution in [3.8, 4) is 5.75 Å². The molecule has 0 radical (unpaired) electrons. The van der Waals surface area contributed by atoms with Gasteiger partial charge >= 0.3 is 0 Å². The first-order valence-electron chi connectivity index (χ1n) is 8.73. The first-order chi connectivity index (χ1) is 12.3. The summed E-state index contributed by atoms with van der Waals surface area (Å²) in [6.07, 6.45) is 2.33. The van der Waals surface area contributed by atoms with Crippen LogP contribution in [0.2, 0.25) is 0 Å². The zero-order valence-electron chi connectivity index (χ0n) is 16.0. The SMILES string of the molecule is CCNC(=NCC(CC)Oc1cccc(F)c1)NCCCNS(C)(=O)=O.I. The fraction of sp³-hybridized carbons (Fsp3) is 0.588. The van der Waals surface area contributed by atoms with E-state index in [1.807, 2.05) is 13.8 Å². The molecule has 7 nitrogen and oxygen atoms in total. The minimum absolute atomic E-state index is 0. The van der Waals surface area contributed by atoms with E-state index in [-0.39, 0.29) is 35.9 Å². The summed E-state index contributed by atoms with van der Waals surface area (Å²) in [5, 5.41) is 6.27. The highest BCUT2D eigenvalue weighted by Crippen LogP contribution is 2.15. The van der Waals surface area contributed by atoms with Crippen molar-refractivity contribution in [2.24, 2.45) is 4.99 Å². The third kappa shape index (κ3) is 12.8. The Labute approximate surface area is 178 Å². The molecular formula is C17H30FIN4O3S. The fourth-order valence-electron chi connectivity index (χ4n) is 2.07. The molecule has 0 fully saturated rings. The summed E-state index contributed by atoms with van der Waals surface area (Å²) in [6.45, 7) is 6.01. The average Bonchev–Trinajstić information content (AvgIpc) is 2.57. The van der Waals surface area contributed by atoms with Crippen LogP contribution in [0.4, 0.5) is 4.39 Å². The summed E-state index contributed by atoms with van der Waals surface area (Å²) in [5.41, 5.74) is 0. The lowest BCUT2D eigenvalue weighted by Gasteiger charge is -2.17. The van der Waals surface area contributed by atoms with Gasteiger partial charge < -0.3 is 15.4 Å². The largest absolute Gasteiger partial charge is 0.488 e. The van der Waals surface area contributed by atoms with Crippen molar-refractivity contribution in [3.05, 3.63) is 30.1 Å². The molecule has 0 spiro atoms. The molecule has 0 heterocycles. The number of ether oxygens (including phenoxy) is 1. The molecule has 0 aliphatic heterocycles. The Morgan fingerprint density at radius 1 is 1.26 bits per heavy atom. The van der Waals surface area contributed by atoms with E-state index >= 15 is 0 Å². The summed E-state index contributed by atoms with van der Waals surface area (Å²) in [4.78, 5) is 4.49. The van der Waals surface area contributed by atoms with Crippen molar-refractivity contribution in [2.45, 2.75) is 32.8 Å². The van der Waals surface area contributed by atoms with Gasteiger partial charge in [0.15, 0.2) is 5.96 Å². The lowest BCUT2D eigenvalue weighted by molar-refractivity contribution is 0.205. The lowest BCUT2D eigenvalue weighted by Crippen LogP contribution is -2.39. The van der Waals surface area contributed by atoms with Gasteiger partial charge in [0.1, 0.15) is 17.7 Å². The van der Waals surface area contributed by atoms with Crippen molar-refractivity contribution in [3.63, 3.8) is 0 Å². The lowest BCUT2D eigenvalue weighted by atomic mass is 10.2. The number of halogens is 2. The van der Waals surface area contributed by atoms with Gasteiger partial charge in [-0.1, -0.05) is 13.0 Å². The predicted molar refractivity (Wildman–Crippen MR) is 118 cm³/mol. The van der Waals surface area contributed by atoms with E-state index in [4.69, 9.17) is 4.74 Å². The molecule has 1 atom stereocenters. The number of rotatable bonds is 11. The Bertz CT molecular complexity index is 674. The Hall–Kier alpha value is -1.14. The van der Waals surface area contributed by atoms with Crippen LogP contribution < -0.4 is 20.1 Å². The number of nitrogens with zero attached hydrogens (tertiary/aromatic N) is 1. The second-order valence-corrected chi connectivity index (χ2v) is 7.60. The van der Waals surface area contributed by atoms with Crippen molar-refractivity contribution in [2.75, 3.05) is 32.4 Å². The quantitative estimate of drug-likeness (QED) is 0.181. The van der Waals surface area contributed by atoms with Gasteiger partial charge in [-0.2, -0.15) is 0 Å². The zero-order valence-corrected chi connectivity index (χ0v) is 19.1. The van der Waals surface area contributed by atoms with Gasteiger partial charge in [-0.15, -0.1) is 24.0 Å². The van der Waals surface area contributed by atoms with Crippen molar-refractivity contribution in [1.29, 1.82) is 0 Å². The van der Waals surface area contributed by atoms with Crippen LogP contribution in [0.1, 0.15) is 26.7 Å². The molecule has 0 bridgehead atoms. The molecule has 0 saturated heterocycles. The van der Waals surface area contributed by atoms with E-state index in [1.54, 1.807) is 12.1 Å². The van der Waals surface area contributed by atoms with Crippen LogP contribution in [0, 0.1) is 5.82 Å². The summed E-state index contributed by atoms with van der Waals surface area (Å²) in [7, 11) is -3.16. The molecule has 10 heteroatoms. The van der Waals surface area contributed by atoms with Crippen LogP contribution in [-0.2, 0) is 10.0 Å². The Kier molecular flexibility index (Phi) is 13.4. The van der Waals surface area contributed by atoms with Crippen molar-refractivity contribution in [1.82, 2.24) is 15.4 Å². The van der Waals surface area contributed by atoms with Crippen molar-refractivity contribution >= 4 is 40.0 Å². The molecule has 0 aliphatic carbocycles. The number of hydrogen-bond donors (Lipinski definition) is 3.